The predicted octanol–water partition coefficient (Wildman–Crippen LogP) is 1.53. The zero-order valence-corrected chi connectivity index (χ0v) is 12.5. The van der Waals surface area contributed by atoms with Crippen LogP contribution >= 0.6 is 0 Å². The van der Waals surface area contributed by atoms with Gasteiger partial charge in [0.1, 0.15) is 23.0 Å². The molecule has 1 aliphatic carbocycles. The first-order chi connectivity index (χ1) is 10.1. The second-order valence-corrected chi connectivity index (χ2v) is 6.06. The van der Waals surface area contributed by atoms with Crippen molar-refractivity contribution in [2.45, 2.75) is 64.1 Å². The molecule has 3 rings (SSSR count). The largest absolute Gasteiger partial charge is 0.361 e. The topological polar surface area (TPSA) is 75.4 Å². The molecule has 1 aromatic heterocycles. The summed E-state index contributed by atoms with van der Waals surface area (Å²) in [6.07, 6.45) is 4.05. The number of carbonyl (C=O) groups excluding carboxylic acids is 2. The number of nitrogens with zero attached hydrogens (tertiary/aromatic N) is 2. The Morgan fingerprint density at radius 2 is 2.14 bits per heavy atom. The average molecular weight is 291 g/mol. The van der Waals surface area contributed by atoms with Crippen molar-refractivity contribution in [3.63, 3.8) is 0 Å². The molecule has 0 bridgehead atoms. The summed E-state index contributed by atoms with van der Waals surface area (Å²) < 4.78 is 5.07. The van der Waals surface area contributed by atoms with E-state index in [9.17, 15) is 9.59 Å². The van der Waals surface area contributed by atoms with Crippen LogP contribution in [0.4, 0.5) is 0 Å². The highest BCUT2D eigenvalue weighted by Crippen LogP contribution is 2.35. The number of amides is 2. The van der Waals surface area contributed by atoms with Crippen molar-refractivity contribution in [1.29, 1.82) is 0 Å². The molecule has 0 aromatic carbocycles. The van der Waals surface area contributed by atoms with Crippen molar-refractivity contribution < 1.29 is 14.1 Å². The number of hydrogen-bond acceptors (Lipinski definition) is 4. The summed E-state index contributed by atoms with van der Waals surface area (Å²) in [6, 6.07) is 1.40. The van der Waals surface area contributed by atoms with Gasteiger partial charge in [0.2, 0.25) is 11.8 Å². The van der Waals surface area contributed by atoms with E-state index in [0.717, 1.165) is 25.7 Å². The third-order valence-electron chi connectivity index (χ3n) is 4.56. The molecule has 21 heavy (non-hydrogen) atoms. The van der Waals surface area contributed by atoms with E-state index < -0.39 is 11.6 Å². The van der Waals surface area contributed by atoms with Crippen LogP contribution in [0.5, 0.6) is 0 Å². The molecule has 2 amide bonds. The third kappa shape index (κ3) is 2.32. The number of aromatic nitrogens is 1. The number of piperazine rings is 1. The van der Waals surface area contributed by atoms with Crippen LogP contribution in [0.2, 0.25) is 0 Å². The molecule has 2 fully saturated rings. The van der Waals surface area contributed by atoms with Gasteiger partial charge in [0.25, 0.3) is 0 Å². The molecular formula is C15H21N3O3. The molecule has 1 atom stereocenters. The van der Waals surface area contributed by atoms with Gasteiger partial charge in [-0.1, -0.05) is 24.9 Å². The van der Waals surface area contributed by atoms with Crippen molar-refractivity contribution in [3.8, 4) is 0 Å². The summed E-state index contributed by atoms with van der Waals surface area (Å²) in [7, 11) is 0. The minimum absolute atomic E-state index is 0.0344. The van der Waals surface area contributed by atoms with Crippen LogP contribution in [-0.2, 0) is 16.1 Å². The fraction of sp³-hybridized carbons (Fsp3) is 0.667. The summed E-state index contributed by atoms with van der Waals surface area (Å²) in [5.74, 6) is 0.703. The molecule has 1 saturated carbocycles. The van der Waals surface area contributed by atoms with Crippen molar-refractivity contribution >= 4 is 11.8 Å². The SMILES string of the molecule is CCC1C(=O)NC2(CCCC2)C(=O)N1Cc1cc(C)on1. The molecule has 2 aliphatic rings. The highest BCUT2D eigenvalue weighted by Gasteiger charge is 2.51. The van der Waals surface area contributed by atoms with E-state index in [-0.39, 0.29) is 11.8 Å². The normalized spacial score (nSPS) is 24.7. The van der Waals surface area contributed by atoms with Gasteiger partial charge in [-0.2, -0.15) is 0 Å². The summed E-state index contributed by atoms with van der Waals surface area (Å²) in [6.45, 7) is 4.08. The van der Waals surface area contributed by atoms with Crippen LogP contribution in [0.25, 0.3) is 0 Å². The number of rotatable bonds is 3. The van der Waals surface area contributed by atoms with Gasteiger partial charge in [0.05, 0.1) is 6.54 Å². The van der Waals surface area contributed by atoms with Crippen LogP contribution in [0.1, 0.15) is 50.5 Å². The molecular weight excluding hydrogens is 270 g/mol. The first kappa shape index (κ1) is 14.1. The molecule has 2 heterocycles. The fourth-order valence-electron chi connectivity index (χ4n) is 3.50. The maximum absolute atomic E-state index is 12.9. The Morgan fingerprint density at radius 3 is 2.71 bits per heavy atom. The summed E-state index contributed by atoms with van der Waals surface area (Å²) in [4.78, 5) is 27.0. The maximum Gasteiger partial charge on any atom is 0.249 e. The van der Waals surface area contributed by atoms with Crippen LogP contribution in [0, 0.1) is 6.92 Å². The molecule has 1 aromatic rings. The molecule has 1 saturated heterocycles. The number of nitrogens with one attached hydrogen (secondary N) is 1. The lowest BCUT2D eigenvalue weighted by Crippen LogP contribution is -2.69. The van der Waals surface area contributed by atoms with Crippen molar-refractivity contribution in [1.82, 2.24) is 15.4 Å². The van der Waals surface area contributed by atoms with Gasteiger partial charge < -0.3 is 14.7 Å². The van der Waals surface area contributed by atoms with Gasteiger partial charge in [-0.05, 0) is 26.2 Å². The van der Waals surface area contributed by atoms with E-state index in [1.165, 1.54) is 0 Å². The number of hydrogen-bond donors (Lipinski definition) is 1. The Hall–Kier alpha value is -1.85. The van der Waals surface area contributed by atoms with Crippen molar-refractivity contribution in [2.24, 2.45) is 0 Å². The van der Waals surface area contributed by atoms with Gasteiger partial charge >= 0.3 is 0 Å². The molecule has 1 aliphatic heterocycles. The standard InChI is InChI=1S/C15H21N3O3/c1-3-12-13(19)16-15(6-4-5-7-15)14(20)18(12)9-11-8-10(2)21-17-11/h8,12H,3-7,9H2,1-2H3,(H,16,19). The summed E-state index contributed by atoms with van der Waals surface area (Å²) >= 11 is 0. The highest BCUT2D eigenvalue weighted by molar-refractivity contribution is 6.00. The first-order valence-corrected chi connectivity index (χ1v) is 7.61. The lowest BCUT2D eigenvalue weighted by Gasteiger charge is -2.44. The Balaban J connectivity index is 1.89. The lowest BCUT2D eigenvalue weighted by atomic mass is 9.90. The van der Waals surface area contributed by atoms with Gasteiger partial charge in [0, 0.05) is 6.07 Å². The fourth-order valence-corrected chi connectivity index (χ4v) is 3.50. The molecule has 114 valence electrons. The van der Waals surface area contributed by atoms with Crippen LogP contribution in [0.3, 0.4) is 0 Å². The molecule has 1 N–H and O–H groups in total. The van der Waals surface area contributed by atoms with E-state index in [1.807, 2.05) is 19.9 Å². The van der Waals surface area contributed by atoms with Crippen LogP contribution in [0.15, 0.2) is 10.6 Å². The van der Waals surface area contributed by atoms with Gasteiger partial charge in [-0.15, -0.1) is 0 Å². The van der Waals surface area contributed by atoms with E-state index in [2.05, 4.69) is 10.5 Å². The molecule has 6 nitrogen and oxygen atoms in total. The maximum atomic E-state index is 12.9. The smallest absolute Gasteiger partial charge is 0.249 e. The van der Waals surface area contributed by atoms with Crippen molar-refractivity contribution in [3.05, 3.63) is 17.5 Å². The number of carbonyl (C=O) groups is 2. The molecule has 1 spiro atoms. The van der Waals surface area contributed by atoms with E-state index >= 15 is 0 Å². The second-order valence-electron chi connectivity index (χ2n) is 6.06. The molecule has 0 radical (unpaired) electrons. The number of aryl methyl sites for hydroxylation is 1. The predicted molar refractivity (Wildman–Crippen MR) is 75.2 cm³/mol. The van der Waals surface area contributed by atoms with E-state index in [1.54, 1.807) is 4.90 Å². The summed E-state index contributed by atoms with van der Waals surface area (Å²) in [5, 5.41) is 6.94. The Morgan fingerprint density at radius 1 is 1.43 bits per heavy atom. The minimum Gasteiger partial charge on any atom is -0.361 e. The van der Waals surface area contributed by atoms with Crippen LogP contribution < -0.4 is 5.32 Å². The molecule has 6 heteroatoms. The van der Waals surface area contributed by atoms with Gasteiger partial charge in [-0.3, -0.25) is 9.59 Å². The van der Waals surface area contributed by atoms with Gasteiger partial charge in [-0.25, -0.2) is 0 Å². The Bertz CT molecular complexity index is 560. The van der Waals surface area contributed by atoms with Crippen molar-refractivity contribution in [2.75, 3.05) is 0 Å². The Labute approximate surface area is 123 Å². The first-order valence-electron chi connectivity index (χ1n) is 7.61. The quantitative estimate of drug-likeness (QED) is 0.916. The zero-order chi connectivity index (χ0) is 15.0. The van der Waals surface area contributed by atoms with E-state index in [0.29, 0.717) is 24.4 Å². The van der Waals surface area contributed by atoms with Gasteiger partial charge in [0.15, 0.2) is 0 Å². The highest BCUT2D eigenvalue weighted by atomic mass is 16.5. The summed E-state index contributed by atoms with van der Waals surface area (Å²) in [5.41, 5.74) is 0.0174. The average Bonchev–Trinajstić information content (AvgIpc) is 3.06. The lowest BCUT2D eigenvalue weighted by molar-refractivity contribution is -0.155. The van der Waals surface area contributed by atoms with Crippen LogP contribution in [-0.4, -0.2) is 33.5 Å². The Kier molecular flexibility index (Phi) is 3.47. The second kappa shape index (κ2) is 5.16. The van der Waals surface area contributed by atoms with E-state index in [4.69, 9.17) is 4.52 Å². The zero-order valence-electron chi connectivity index (χ0n) is 12.5. The molecule has 1 unspecified atom stereocenters. The minimum atomic E-state index is -0.679. The third-order valence-corrected chi connectivity index (χ3v) is 4.56. The monoisotopic (exact) mass is 291 g/mol.